The molecular formula is C19H22ClNO2. The van der Waals surface area contributed by atoms with Crippen molar-refractivity contribution in [2.45, 2.75) is 26.8 Å². The summed E-state index contributed by atoms with van der Waals surface area (Å²) in [6.45, 7) is 6.10. The first-order chi connectivity index (χ1) is 11.1. The molecule has 0 N–H and O–H groups in total. The molecule has 0 aromatic heterocycles. The molecule has 2 aromatic carbocycles. The van der Waals surface area contributed by atoms with Crippen molar-refractivity contribution in [2.24, 2.45) is 0 Å². The third-order valence-electron chi connectivity index (χ3n) is 3.52. The minimum atomic E-state index is -0.279. The van der Waals surface area contributed by atoms with Gasteiger partial charge in [-0.2, -0.15) is 0 Å². The normalized spacial score (nSPS) is 10.4. The minimum Gasteiger partial charge on any atom is -0.462 e. The average Bonchev–Trinajstić information content (AvgIpc) is 2.57. The fraction of sp³-hybridized carbons (Fsp3) is 0.316. The third kappa shape index (κ3) is 5.00. The van der Waals surface area contributed by atoms with E-state index in [0.717, 1.165) is 30.2 Å². The molecular weight excluding hydrogens is 310 g/mol. The molecule has 122 valence electrons. The largest absolute Gasteiger partial charge is 0.462 e. The predicted molar refractivity (Wildman–Crippen MR) is 95.2 cm³/mol. The zero-order valence-electron chi connectivity index (χ0n) is 13.6. The lowest BCUT2D eigenvalue weighted by Crippen LogP contribution is -2.23. The topological polar surface area (TPSA) is 29.5 Å². The Morgan fingerprint density at radius 1 is 1.04 bits per heavy atom. The SMILES string of the molecule is CCCN(Cc1ccc(Cl)cc1)c1ccc(C(=O)OCC)cc1. The van der Waals surface area contributed by atoms with E-state index in [-0.39, 0.29) is 5.97 Å². The van der Waals surface area contributed by atoms with Gasteiger partial charge in [-0.25, -0.2) is 4.79 Å². The summed E-state index contributed by atoms with van der Waals surface area (Å²) >= 11 is 5.94. The number of halogens is 1. The van der Waals surface area contributed by atoms with Gasteiger partial charge in [-0.3, -0.25) is 0 Å². The molecule has 0 unspecified atom stereocenters. The molecule has 0 saturated heterocycles. The number of ether oxygens (including phenoxy) is 1. The zero-order chi connectivity index (χ0) is 16.7. The van der Waals surface area contributed by atoms with E-state index in [0.29, 0.717) is 12.2 Å². The zero-order valence-corrected chi connectivity index (χ0v) is 14.3. The quantitative estimate of drug-likeness (QED) is 0.673. The smallest absolute Gasteiger partial charge is 0.338 e. The van der Waals surface area contributed by atoms with Crippen LogP contribution >= 0.6 is 11.6 Å². The molecule has 0 atom stereocenters. The molecule has 0 radical (unpaired) electrons. The third-order valence-corrected chi connectivity index (χ3v) is 3.78. The van der Waals surface area contributed by atoms with Crippen LogP contribution in [0.3, 0.4) is 0 Å². The van der Waals surface area contributed by atoms with Gasteiger partial charge in [-0.1, -0.05) is 30.7 Å². The second-order valence-corrected chi connectivity index (χ2v) is 5.75. The Morgan fingerprint density at radius 3 is 2.26 bits per heavy atom. The number of benzene rings is 2. The van der Waals surface area contributed by atoms with Crippen molar-refractivity contribution < 1.29 is 9.53 Å². The maximum atomic E-state index is 11.7. The summed E-state index contributed by atoms with van der Waals surface area (Å²) < 4.78 is 5.02. The molecule has 0 heterocycles. The van der Waals surface area contributed by atoms with Crippen molar-refractivity contribution in [1.29, 1.82) is 0 Å². The van der Waals surface area contributed by atoms with Gasteiger partial charge in [0.1, 0.15) is 0 Å². The van der Waals surface area contributed by atoms with Crippen molar-refractivity contribution in [2.75, 3.05) is 18.1 Å². The first-order valence-electron chi connectivity index (χ1n) is 7.90. The fourth-order valence-electron chi connectivity index (χ4n) is 2.40. The van der Waals surface area contributed by atoms with Gasteiger partial charge < -0.3 is 9.64 Å². The van der Waals surface area contributed by atoms with Crippen LogP contribution < -0.4 is 4.90 Å². The highest BCUT2D eigenvalue weighted by atomic mass is 35.5. The molecule has 0 aliphatic carbocycles. The number of nitrogens with zero attached hydrogens (tertiary/aromatic N) is 1. The minimum absolute atomic E-state index is 0.279. The summed E-state index contributed by atoms with van der Waals surface area (Å²) in [6.07, 6.45) is 1.05. The van der Waals surface area contributed by atoms with Crippen LogP contribution in [0, 0.1) is 0 Å². The second kappa shape index (κ2) is 8.59. The van der Waals surface area contributed by atoms with Crippen LogP contribution in [-0.2, 0) is 11.3 Å². The van der Waals surface area contributed by atoms with E-state index in [1.807, 2.05) is 48.5 Å². The monoisotopic (exact) mass is 331 g/mol. The predicted octanol–water partition coefficient (Wildman–Crippen LogP) is 4.93. The summed E-state index contributed by atoms with van der Waals surface area (Å²) in [7, 11) is 0. The molecule has 4 heteroatoms. The average molecular weight is 332 g/mol. The van der Waals surface area contributed by atoms with Crippen LogP contribution in [0.15, 0.2) is 48.5 Å². The van der Waals surface area contributed by atoms with E-state index < -0.39 is 0 Å². The van der Waals surface area contributed by atoms with Crippen molar-refractivity contribution in [3.05, 3.63) is 64.7 Å². The number of esters is 1. The lowest BCUT2D eigenvalue weighted by molar-refractivity contribution is 0.0526. The maximum absolute atomic E-state index is 11.7. The Morgan fingerprint density at radius 2 is 1.70 bits per heavy atom. The molecule has 2 aromatic rings. The van der Waals surface area contributed by atoms with Gasteiger partial charge in [0.15, 0.2) is 0 Å². The number of anilines is 1. The van der Waals surface area contributed by atoms with E-state index in [1.54, 1.807) is 6.92 Å². The van der Waals surface area contributed by atoms with Crippen molar-refractivity contribution in [1.82, 2.24) is 0 Å². The second-order valence-electron chi connectivity index (χ2n) is 5.32. The van der Waals surface area contributed by atoms with Crippen LogP contribution in [0.4, 0.5) is 5.69 Å². The van der Waals surface area contributed by atoms with E-state index >= 15 is 0 Å². The molecule has 0 bridgehead atoms. The Balaban J connectivity index is 2.13. The van der Waals surface area contributed by atoms with Gasteiger partial charge in [0.05, 0.1) is 12.2 Å². The molecule has 2 rings (SSSR count). The highest BCUT2D eigenvalue weighted by Gasteiger charge is 2.10. The lowest BCUT2D eigenvalue weighted by atomic mass is 10.1. The molecule has 3 nitrogen and oxygen atoms in total. The number of rotatable bonds is 7. The summed E-state index contributed by atoms with van der Waals surface area (Å²) in [5.74, 6) is -0.279. The van der Waals surface area contributed by atoms with Crippen molar-refractivity contribution in [3.8, 4) is 0 Å². The van der Waals surface area contributed by atoms with Crippen molar-refractivity contribution in [3.63, 3.8) is 0 Å². The Bertz CT molecular complexity index is 623. The van der Waals surface area contributed by atoms with Crippen LogP contribution in [0.25, 0.3) is 0 Å². The summed E-state index contributed by atoms with van der Waals surface area (Å²) in [4.78, 5) is 14.0. The standard InChI is InChI=1S/C19H22ClNO2/c1-3-13-21(14-15-5-9-17(20)10-6-15)18-11-7-16(8-12-18)19(22)23-4-2/h5-12H,3-4,13-14H2,1-2H3. The summed E-state index contributed by atoms with van der Waals surface area (Å²) in [6, 6.07) is 15.5. The van der Waals surface area contributed by atoms with Gasteiger partial charge >= 0.3 is 5.97 Å². The number of carbonyl (C=O) groups is 1. The molecule has 23 heavy (non-hydrogen) atoms. The highest BCUT2D eigenvalue weighted by Crippen LogP contribution is 2.20. The molecule has 0 aliphatic rings. The van der Waals surface area contributed by atoms with Gasteiger partial charge in [0.25, 0.3) is 0 Å². The number of hydrogen-bond donors (Lipinski definition) is 0. The molecule has 0 amide bonds. The Labute approximate surface area is 142 Å². The first-order valence-corrected chi connectivity index (χ1v) is 8.28. The molecule has 0 saturated carbocycles. The summed E-state index contributed by atoms with van der Waals surface area (Å²) in [5.41, 5.74) is 2.88. The van der Waals surface area contributed by atoms with E-state index in [9.17, 15) is 4.79 Å². The van der Waals surface area contributed by atoms with Gasteiger partial charge in [-0.05, 0) is 55.3 Å². The van der Waals surface area contributed by atoms with Crippen molar-refractivity contribution >= 4 is 23.3 Å². The van der Waals surface area contributed by atoms with Crippen LogP contribution in [0.2, 0.25) is 5.02 Å². The van der Waals surface area contributed by atoms with Crippen LogP contribution in [-0.4, -0.2) is 19.1 Å². The Hall–Kier alpha value is -2.00. The maximum Gasteiger partial charge on any atom is 0.338 e. The van der Waals surface area contributed by atoms with E-state index in [2.05, 4.69) is 11.8 Å². The summed E-state index contributed by atoms with van der Waals surface area (Å²) in [5, 5.41) is 0.745. The molecule has 0 spiro atoms. The first kappa shape index (κ1) is 17.4. The van der Waals surface area contributed by atoms with E-state index in [1.165, 1.54) is 5.56 Å². The molecule has 0 aliphatic heterocycles. The van der Waals surface area contributed by atoms with Gasteiger partial charge in [-0.15, -0.1) is 0 Å². The van der Waals surface area contributed by atoms with E-state index in [4.69, 9.17) is 16.3 Å². The number of carbonyl (C=O) groups excluding carboxylic acids is 1. The fourth-order valence-corrected chi connectivity index (χ4v) is 2.53. The van der Waals surface area contributed by atoms with Crippen LogP contribution in [0.5, 0.6) is 0 Å². The highest BCUT2D eigenvalue weighted by molar-refractivity contribution is 6.30. The van der Waals surface area contributed by atoms with Gasteiger partial charge in [0.2, 0.25) is 0 Å². The molecule has 0 fully saturated rings. The van der Waals surface area contributed by atoms with Gasteiger partial charge in [0, 0.05) is 23.8 Å². The number of hydrogen-bond acceptors (Lipinski definition) is 3. The van der Waals surface area contributed by atoms with Crippen LogP contribution in [0.1, 0.15) is 36.2 Å². The lowest BCUT2D eigenvalue weighted by Gasteiger charge is -2.24. The Kier molecular flexibility index (Phi) is 6.48.